The van der Waals surface area contributed by atoms with Crippen molar-refractivity contribution >= 4 is 10.9 Å². The summed E-state index contributed by atoms with van der Waals surface area (Å²) in [5, 5.41) is 1.01. The molecular weight excluding hydrogens is 269 g/mol. The number of aromatic nitrogens is 1. The molecular formula is C17H14FNO2. The summed E-state index contributed by atoms with van der Waals surface area (Å²) in [6, 6.07) is 14.4. The van der Waals surface area contributed by atoms with Crippen LogP contribution in [0.2, 0.25) is 0 Å². The van der Waals surface area contributed by atoms with Gasteiger partial charge in [0, 0.05) is 11.6 Å². The van der Waals surface area contributed by atoms with Crippen LogP contribution in [0.1, 0.15) is 5.56 Å². The summed E-state index contributed by atoms with van der Waals surface area (Å²) >= 11 is 0. The summed E-state index contributed by atoms with van der Waals surface area (Å²) in [5.74, 6) is 0.518. The lowest BCUT2D eigenvalue weighted by atomic mass is 10.2. The lowest BCUT2D eigenvalue weighted by molar-refractivity contribution is 0.308. The normalized spacial score (nSPS) is 10.6. The van der Waals surface area contributed by atoms with E-state index in [1.807, 2.05) is 30.3 Å². The number of methoxy groups -OCH3 is 1. The molecule has 0 saturated heterocycles. The first-order chi connectivity index (χ1) is 10.3. The number of para-hydroxylation sites is 1. The van der Waals surface area contributed by atoms with Crippen molar-refractivity contribution in [2.75, 3.05) is 7.11 Å². The number of benzene rings is 2. The molecule has 0 aliphatic rings. The Bertz CT molecular complexity index is 768. The first kappa shape index (κ1) is 13.4. The van der Waals surface area contributed by atoms with E-state index in [9.17, 15) is 4.39 Å². The third kappa shape index (κ3) is 2.79. The zero-order valence-corrected chi connectivity index (χ0v) is 11.5. The summed E-state index contributed by atoms with van der Waals surface area (Å²) in [6.45, 7) is 0.274. The van der Waals surface area contributed by atoms with Gasteiger partial charge in [0.1, 0.15) is 17.9 Å². The summed E-state index contributed by atoms with van der Waals surface area (Å²) in [5.41, 5.74) is 1.54. The Balaban J connectivity index is 1.82. The van der Waals surface area contributed by atoms with E-state index in [0.29, 0.717) is 5.75 Å². The number of hydrogen-bond donors (Lipinski definition) is 0. The van der Waals surface area contributed by atoms with Crippen LogP contribution >= 0.6 is 0 Å². The lowest BCUT2D eigenvalue weighted by Gasteiger charge is -2.09. The van der Waals surface area contributed by atoms with Gasteiger partial charge >= 0.3 is 0 Å². The standard InChI is InChI=1S/C17H14FNO2/c1-20-15-8-7-12(10-14(15)18)11-21-16-6-2-4-13-5-3-9-19-17(13)16/h2-10H,11H2,1H3. The zero-order chi connectivity index (χ0) is 14.7. The van der Waals surface area contributed by atoms with Crippen molar-refractivity contribution in [1.82, 2.24) is 4.98 Å². The maximum atomic E-state index is 13.6. The summed E-state index contributed by atoms with van der Waals surface area (Å²) in [6.07, 6.45) is 1.72. The third-order valence-electron chi connectivity index (χ3n) is 3.21. The second-order valence-corrected chi connectivity index (χ2v) is 4.59. The van der Waals surface area contributed by atoms with E-state index in [-0.39, 0.29) is 12.4 Å². The molecule has 0 bridgehead atoms. The molecule has 0 saturated carbocycles. The molecule has 4 heteroatoms. The van der Waals surface area contributed by atoms with Crippen LogP contribution < -0.4 is 9.47 Å². The van der Waals surface area contributed by atoms with Gasteiger partial charge in [0.05, 0.1) is 7.11 Å². The lowest BCUT2D eigenvalue weighted by Crippen LogP contribution is -1.98. The van der Waals surface area contributed by atoms with Crippen molar-refractivity contribution < 1.29 is 13.9 Å². The van der Waals surface area contributed by atoms with Crippen molar-refractivity contribution in [3.63, 3.8) is 0 Å². The van der Waals surface area contributed by atoms with Crippen LogP contribution in [0, 0.1) is 5.82 Å². The molecule has 1 aromatic heterocycles. The van der Waals surface area contributed by atoms with Crippen LogP contribution in [0.5, 0.6) is 11.5 Å². The number of ether oxygens (including phenoxy) is 2. The van der Waals surface area contributed by atoms with Gasteiger partial charge in [-0.15, -0.1) is 0 Å². The molecule has 0 N–H and O–H groups in total. The third-order valence-corrected chi connectivity index (χ3v) is 3.21. The highest BCUT2D eigenvalue weighted by molar-refractivity contribution is 5.84. The highest BCUT2D eigenvalue weighted by Crippen LogP contribution is 2.24. The second kappa shape index (κ2) is 5.79. The Morgan fingerprint density at radius 3 is 2.71 bits per heavy atom. The molecule has 0 aliphatic carbocycles. The van der Waals surface area contributed by atoms with E-state index in [2.05, 4.69) is 4.98 Å². The Morgan fingerprint density at radius 2 is 1.90 bits per heavy atom. The maximum absolute atomic E-state index is 13.6. The molecule has 0 radical (unpaired) electrons. The molecule has 3 aromatic rings. The molecule has 0 unspecified atom stereocenters. The van der Waals surface area contributed by atoms with Crippen molar-refractivity contribution in [1.29, 1.82) is 0 Å². The summed E-state index contributed by atoms with van der Waals surface area (Å²) in [7, 11) is 1.44. The van der Waals surface area contributed by atoms with E-state index >= 15 is 0 Å². The molecule has 2 aromatic carbocycles. The smallest absolute Gasteiger partial charge is 0.165 e. The number of halogens is 1. The van der Waals surface area contributed by atoms with Crippen LogP contribution in [-0.4, -0.2) is 12.1 Å². The van der Waals surface area contributed by atoms with Crippen molar-refractivity contribution in [3.05, 3.63) is 66.1 Å². The van der Waals surface area contributed by atoms with Gasteiger partial charge < -0.3 is 9.47 Å². The van der Waals surface area contributed by atoms with Crippen LogP contribution in [0.4, 0.5) is 4.39 Å². The van der Waals surface area contributed by atoms with Gasteiger partial charge in [-0.05, 0) is 29.8 Å². The minimum Gasteiger partial charge on any atom is -0.494 e. The Kier molecular flexibility index (Phi) is 3.69. The van der Waals surface area contributed by atoms with Gasteiger partial charge in [0.15, 0.2) is 11.6 Å². The fourth-order valence-corrected chi connectivity index (χ4v) is 2.15. The average Bonchev–Trinajstić information content (AvgIpc) is 2.53. The molecule has 0 spiro atoms. The molecule has 21 heavy (non-hydrogen) atoms. The van der Waals surface area contributed by atoms with E-state index < -0.39 is 5.82 Å². The van der Waals surface area contributed by atoms with Crippen LogP contribution in [0.15, 0.2) is 54.7 Å². The highest BCUT2D eigenvalue weighted by atomic mass is 19.1. The van der Waals surface area contributed by atoms with Crippen molar-refractivity contribution in [3.8, 4) is 11.5 Å². The molecule has 0 amide bonds. The van der Waals surface area contributed by atoms with Gasteiger partial charge in [0.2, 0.25) is 0 Å². The molecule has 0 aliphatic heterocycles. The van der Waals surface area contributed by atoms with Gasteiger partial charge in [0.25, 0.3) is 0 Å². The quantitative estimate of drug-likeness (QED) is 0.726. The minimum absolute atomic E-state index is 0.227. The van der Waals surface area contributed by atoms with E-state index in [1.54, 1.807) is 18.3 Å². The fraction of sp³-hybridized carbons (Fsp3) is 0.118. The average molecular weight is 283 g/mol. The van der Waals surface area contributed by atoms with E-state index in [1.165, 1.54) is 13.2 Å². The molecule has 1 heterocycles. The minimum atomic E-state index is -0.394. The monoisotopic (exact) mass is 283 g/mol. The topological polar surface area (TPSA) is 31.4 Å². The largest absolute Gasteiger partial charge is 0.494 e. The number of rotatable bonds is 4. The predicted molar refractivity (Wildman–Crippen MR) is 79.0 cm³/mol. The SMILES string of the molecule is COc1ccc(COc2cccc3cccnc23)cc1F. The highest BCUT2D eigenvalue weighted by Gasteiger charge is 2.06. The Labute approximate surface area is 122 Å². The first-order valence-corrected chi connectivity index (χ1v) is 6.57. The van der Waals surface area contributed by atoms with Gasteiger partial charge in [-0.2, -0.15) is 0 Å². The van der Waals surface area contributed by atoms with E-state index in [4.69, 9.17) is 9.47 Å². The Morgan fingerprint density at radius 1 is 1.05 bits per heavy atom. The molecule has 3 rings (SSSR count). The van der Waals surface area contributed by atoms with Gasteiger partial charge in [-0.1, -0.05) is 24.3 Å². The fourth-order valence-electron chi connectivity index (χ4n) is 2.15. The summed E-state index contributed by atoms with van der Waals surface area (Å²) < 4.78 is 24.3. The Hall–Kier alpha value is -2.62. The molecule has 3 nitrogen and oxygen atoms in total. The first-order valence-electron chi connectivity index (χ1n) is 6.57. The molecule has 0 fully saturated rings. The number of hydrogen-bond acceptors (Lipinski definition) is 3. The van der Waals surface area contributed by atoms with Crippen LogP contribution in [0.3, 0.4) is 0 Å². The predicted octanol–water partition coefficient (Wildman–Crippen LogP) is 3.96. The maximum Gasteiger partial charge on any atom is 0.165 e. The number of fused-ring (bicyclic) bond motifs is 1. The number of pyridine rings is 1. The van der Waals surface area contributed by atoms with Crippen molar-refractivity contribution in [2.45, 2.75) is 6.61 Å². The van der Waals surface area contributed by atoms with Crippen LogP contribution in [0.25, 0.3) is 10.9 Å². The molecule has 106 valence electrons. The second-order valence-electron chi connectivity index (χ2n) is 4.59. The number of nitrogens with zero attached hydrogens (tertiary/aromatic N) is 1. The van der Waals surface area contributed by atoms with E-state index in [0.717, 1.165) is 16.5 Å². The van der Waals surface area contributed by atoms with Gasteiger partial charge in [-0.3, -0.25) is 4.98 Å². The van der Waals surface area contributed by atoms with Gasteiger partial charge in [-0.25, -0.2) is 4.39 Å². The summed E-state index contributed by atoms with van der Waals surface area (Å²) in [4.78, 5) is 4.32. The van der Waals surface area contributed by atoms with Crippen LogP contribution in [-0.2, 0) is 6.61 Å². The van der Waals surface area contributed by atoms with Crippen molar-refractivity contribution in [2.24, 2.45) is 0 Å². The molecule has 0 atom stereocenters. The zero-order valence-electron chi connectivity index (χ0n) is 11.5.